The molecule has 4 aliphatic carbocycles. The molecule has 1 unspecified atom stereocenters. The predicted octanol–water partition coefficient (Wildman–Crippen LogP) is 8.87. The molecule has 0 aromatic heterocycles. The van der Waals surface area contributed by atoms with Crippen molar-refractivity contribution in [2.24, 2.45) is 5.92 Å². The third kappa shape index (κ3) is 4.91. The van der Waals surface area contributed by atoms with Crippen molar-refractivity contribution in [2.45, 2.75) is 139 Å². The van der Waals surface area contributed by atoms with E-state index in [1.54, 1.807) is 51.4 Å². The third-order valence-electron chi connectivity index (χ3n) is 8.58. The average molecular weight is 421 g/mol. The number of rotatable bonds is 8. The largest absolute Gasteiger partial charge is 0.119 e. The van der Waals surface area contributed by atoms with Crippen molar-refractivity contribution in [2.75, 3.05) is 6.16 Å². The Morgan fingerprint density at radius 2 is 1.54 bits per heavy atom. The van der Waals surface area contributed by atoms with Crippen LogP contribution in [-0.4, -0.2) is 28.8 Å². The maximum absolute atomic E-state index is 2.67. The molecule has 0 aromatic rings. The monoisotopic (exact) mass is 420 g/mol. The van der Waals surface area contributed by atoms with Crippen LogP contribution in [-0.2, 0) is 0 Å². The molecule has 0 spiro atoms. The van der Waals surface area contributed by atoms with Gasteiger partial charge in [0.2, 0.25) is 0 Å². The fraction of sp³-hybridized carbons (Fsp3) is 0.923. The van der Waals surface area contributed by atoms with E-state index in [1.165, 1.54) is 66.1 Å². The van der Waals surface area contributed by atoms with Gasteiger partial charge in [0.05, 0.1) is 0 Å². The topological polar surface area (TPSA) is 0 Å². The van der Waals surface area contributed by atoms with Gasteiger partial charge in [0, 0.05) is 5.66 Å². The van der Waals surface area contributed by atoms with E-state index in [0.717, 1.165) is 28.6 Å². The van der Waals surface area contributed by atoms with Crippen molar-refractivity contribution in [3.05, 3.63) is 11.1 Å². The lowest BCUT2D eigenvalue weighted by Gasteiger charge is -2.46. The SMILES string of the molecule is CCCCP[C@H](C)[C@@H]1CC2=C(CCC2)[C@@H]1P(C1CCCCC1)C1CCCCC1. The summed E-state index contributed by atoms with van der Waals surface area (Å²) >= 11 is 0. The van der Waals surface area contributed by atoms with Gasteiger partial charge in [0.25, 0.3) is 0 Å². The van der Waals surface area contributed by atoms with Gasteiger partial charge in [-0.15, -0.1) is 8.58 Å². The van der Waals surface area contributed by atoms with Crippen LogP contribution < -0.4 is 0 Å². The quantitative estimate of drug-likeness (QED) is 0.209. The van der Waals surface area contributed by atoms with Gasteiger partial charge in [-0.1, -0.05) is 77.9 Å². The molecule has 2 saturated carbocycles. The molecule has 0 radical (unpaired) electrons. The van der Waals surface area contributed by atoms with Crippen LogP contribution >= 0.6 is 16.5 Å². The Labute approximate surface area is 179 Å². The fourth-order valence-corrected chi connectivity index (χ4v) is 13.8. The van der Waals surface area contributed by atoms with E-state index in [4.69, 9.17) is 0 Å². The van der Waals surface area contributed by atoms with Crippen LogP contribution in [0.25, 0.3) is 0 Å². The van der Waals surface area contributed by atoms with E-state index in [1.807, 2.05) is 5.57 Å². The lowest BCUT2D eigenvalue weighted by molar-refractivity contribution is 0.468. The molecule has 0 nitrogen and oxygen atoms in total. The summed E-state index contributed by atoms with van der Waals surface area (Å²) in [6.07, 6.45) is 26.0. The van der Waals surface area contributed by atoms with Crippen LogP contribution in [0, 0.1) is 5.92 Å². The maximum atomic E-state index is 2.67. The normalized spacial score (nSPS) is 31.4. The Balaban J connectivity index is 1.57. The Hall–Kier alpha value is 0.600. The summed E-state index contributed by atoms with van der Waals surface area (Å²) in [5.41, 5.74) is 8.40. The lowest BCUT2D eigenvalue weighted by Crippen LogP contribution is -2.33. The Morgan fingerprint density at radius 1 is 0.893 bits per heavy atom. The van der Waals surface area contributed by atoms with Gasteiger partial charge < -0.3 is 0 Å². The first-order valence-corrected chi connectivity index (χ1v) is 15.8. The van der Waals surface area contributed by atoms with Gasteiger partial charge in [-0.05, 0) is 86.8 Å². The molecule has 0 heterocycles. The summed E-state index contributed by atoms with van der Waals surface area (Å²) in [5.74, 6) is 1.05. The molecule has 28 heavy (non-hydrogen) atoms. The van der Waals surface area contributed by atoms with Crippen LogP contribution in [0.2, 0.25) is 0 Å². The predicted molar refractivity (Wildman–Crippen MR) is 131 cm³/mol. The molecular weight excluding hydrogens is 374 g/mol. The second-order valence-corrected chi connectivity index (χ2v) is 15.2. The molecule has 4 atom stereocenters. The van der Waals surface area contributed by atoms with E-state index in [-0.39, 0.29) is 7.92 Å². The Bertz CT molecular complexity index is 495. The second kappa shape index (κ2) is 10.8. The average Bonchev–Trinajstić information content (AvgIpc) is 3.33. The first-order chi connectivity index (χ1) is 13.8. The molecule has 4 aliphatic rings. The minimum absolute atomic E-state index is 0.226. The summed E-state index contributed by atoms with van der Waals surface area (Å²) in [6, 6.07) is 0. The molecule has 0 aliphatic heterocycles. The van der Waals surface area contributed by atoms with Crippen molar-refractivity contribution in [3.8, 4) is 0 Å². The molecule has 160 valence electrons. The van der Waals surface area contributed by atoms with Crippen LogP contribution in [0.5, 0.6) is 0 Å². The second-order valence-electron chi connectivity index (χ2n) is 10.4. The molecular formula is C26H46P2. The van der Waals surface area contributed by atoms with Crippen molar-refractivity contribution >= 4 is 16.5 Å². The smallest absolute Gasteiger partial charge is 0.00454 e. The highest BCUT2D eigenvalue weighted by Gasteiger charge is 2.47. The van der Waals surface area contributed by atoms with Gasteiger partial charge in [-0.2, -0.15) is 0 Å². The Morgan fingerprint density at radius 3 is 2.14 bits per heavy atom. The van der Waals surface area contributed by atoms with Crippen LogP contribution in [0.1, 0.15) is 117 Å². The van der Waals surface area contributed by atoms with Gasteiger partial charge in [-0.25, -0.2) is 0 Å². The van der Waals surface area contributed by atoms with Gasteiger partial charge in [0.1, 0.15) is 0 Å². The zero-order valence-corrected chi connectivity index (χ0v) is 20.7. The minimum Gasteiger partial charge on any atom is -0.119 e. The van der Waals surface area contributed by atoms with Gasteiger partial charge >= 0.3 is 0 Å². The third-order valence-corrected chi connectivity index (χ3v) is 14.3. The molecule has 0 amide bonds. The first kappa shape index (κ1) is 21.8. The van der Waals surface area contributed by atoms with E-state index in [2.05, 4.69) is 19.4 Å². The number of unbranched alkanes of at least 4 members (excludes halogenated alkanes) is 1. The fourth-order valence-electron chi connectivity index (χ4n) is 7.09. The molecule has 4 rings (SSSR count). The molecule has 2 heteroatoms. The minimum atomic E-state index is 0.226. The van der Waals surface area contributed by atoms with E-state index in [9.17, 15) is 0 Å². The maximum Gasteiger partial charge on any atom is 0.00454 e. The van der Waals surface area contributed by atoms with Crippen LogP contribution in [0.3, 0.4) is 0 Å². The van der Waals surface area contributed by atoms with Crippen molar-refractivity contribution in [1.29, 1.82) is 0 Å². The van der Waals surface area contributed by atoms with Gasteiger partial charge in [-0.3, -0.25) is 0 Å². The zero-order valence-electron chi connectivity index (χ0n) is 18.9. The number of allylic oxidation sites excluding steroid dienone is 2. The first-order valence-electron chi connectivity index (χ1n) is 13.0. The molecule has 0 saturated heterocycles. The summed E-state index contributed by atoms with van der Waals surface area (Å²) in [6.45, 7) is 5.04. The summed E-state index contributed by atoms with van der Waals surface area (Å²) < 4.78 is 0. The van der Waals surface area contributed by atoms with Crippen LogP contribution in [0.4, 0.5) is 0 Å². The highest BCUT2D eigenvalue weighted by molar-refractivity contribution is 7.60. The molecule has 0 aromatic carbocycles. The van der Waals surface area contributed by atoms with E-state index in [0.29, 0.717) is 0 Å². The highest BCUT2D eigenvalue weighted by atomic mass is 31.1. The lowest BCUT2D eigenvalue weighted by atomic mass is 9.97. The van der Waals surface area contributed by atoms with Crippen molar-refractivity contribution in [1.82, 2.24) is 0 Å². The van der Waals surface area contributed by atoms with Crippen molar-refractivity contribution in [3.63, 3.8) is 0 Å². The van der Waals surface area contributed by atoms with Crippen LogP contribution in [0.15, 0.2) is 11.1 Å². The van der Waals surface area contributed by atoms with Crippen molar-refractivity contribution < 1.29 is 0 Å². The van der Waals surface area contributed by atoms with Gasteiger partial charge in [0.15, 0.2) is 0 Å². The zero-order chi connectivity index (χ0) is 19.3. The highest BCUT2D eigenvalue weighted by Crippen LogP contribution is 2.67. The summed E-state index contributed by atoms with van der Waals surface area (Å²) in [4.78, 5) is 0. The molecule has 2 fully saturated rings. The molecule has 0 N–H and O–H groups in total. The number of hydrogen-bond acceptors (Lipinski definition) is 0. The Kier molecular flexibility index (Phi) is 8.39. The standard InChI is InChI=1S/C26H46P2/c1-3-4-18-27-20(2)25-19-21-12-11-17-24(21)26(25)28(22-13-7-5-8-14-22)23-15-9-6-10-16-23/h20,22-23,25-27H,3-19H2,1-2H3/t20-,25+,26+/m1/s1. The number of hydrogen-bond donors (Lipinski definition) is 0. The van der Waals surface area contributed by atoms with E-state index < -0.39 is 0 Å². The van der Waals surface area contributed by atoms with E-state index >= 15 is 0 Å². The molecule has 0 bridgehead atoms. The summed E-state index contributed by atoms with van der Waals surface area (Å²) in [5, 5.41) is 0. The summed E-state index contributed by atoms with van der Waals surface area (Å²) in [7, 11) is 1.46.